The highest BCUT2D eigenvalue weighted by molar-refractivity contribution is 9.10. The van der Waals surface area contributed by atoms with E-state index in [-0.39, 0.29) is 11.5 Å². The molecule has 0 aromatic heterocycles. The molecule has 0 saturated heterocycles. The predicted octanol–water partition coefficient (Wildman–Crippen LogP) is 4.83. The van der Waals surface area contributed by atoms with E-state index in [0.717, 1.165) is 22.0 Å². The van der Waals surface area contributed by atoms with E-state index in [1.165, 1.54) is 0 Å². The number of ether oxygens (including phenoxy) is 1. The number of carbonyl (C=O) groups excluding carboxylic acids is 1. The summed E-state index contributed by atoms with van der Waals surface area (Å²) in [4.78, 5) is 13.0. The number of benzene rings is 1. The first-order valence-electron chi connectivity index (χ1n) is 7.63. The lowest BCUT2D eigenvalue weighted by Gasteiger charge is -2.42. The van der Waals surface area contributed by atoms with Crippen molar-refractivity contribution in [2.75, 3.05) is 0 Å². The number of aliphatic hydroxyl groups is 1. The minimum absolute atomic E-state index is 0.0143. The zero-order valence-corrected chi connectivity index (χ0v) is 15.4. The molecule has 0 radical (unpaired) electrons. The van der Waals surface area contributed by atoms with Gasteiger partial charge in [-0.25, -0.2) is 0 Å². The summed E-state index contributed by atoms with van der Waals surface area (Å²) < 4.78 is 6.88. The lowest BCUT2D eigenvalue weighted by Crippen LogP contribution is -2.51. The largest absolute Gasteiger partial charge is 0.508 e. The fraction of sp³-hybridized carbons (Fsp3) is 0.500. The van der Waals surface area contributed by atoms with E-state index < -0.39 is 11.2 Å². The van der Waals surface area contributed by atoms with E-state index in [1.807, 2.05) is 32.0 Å². The Labute approximate surface area is 140 Å². The zero-order chi connectivity index (χ0) is 16.7. The molecule has 1 aliphatic heterocycles. The topological polar surface area (TPSA) is 46.5 Å². The second-order valence-electron chi connectivity index (χ2n) is 6.40. The van der Waals surface area contributed by atoms with Gasteiger partial charge >= 0.3 is 0 Å². The average Bonchev–Trinajstić information content (AvgIpc) is 2.46. The van der Waals surface area contributed by atoms with Crippen molar-refractivity contribution in [3.05, 3.63) is 39.6 Å². The maximum atomic E-state index is 13.0. The molecule has 1 aromatic rings. The van der Waals surface area contributed by atoms with Gasteiger partial charge in [0.1, 0.15) is 17.0 Å². The van der Waals surface area contributed by atoms with Crippen LogP contribution in [-0.4, -0.2) is 22.1 Å². The quantitative estimate of drug-likeness (QED) is 0.833. The average molecular weight is 367 g/mol. The monoisotopic (exact) mass is 366 g/mol. The fourth-order valence-corrected chi connectivity index (χ4v) is 3.32. The van der Waals surface area contributed by atoms with Crippen molar-refractivity contribution >= 4 is 27.3 Å². The molecule has 0 amide bonds. The molecule has 1 N–H and O–H groups in total. The zero-order valence-electron chi connectivity index (χ0n) is 13.8. The highest BCUT2D eigenvalue weighted by Crippen LogP contribution is 2.42. The van der Waals surface area contributed by atoms with E-state index >= 15 is 0 Å². The van der Waals surface area contributed by atoms with Gasteiger partial charge in [-0.2, -0.15) is 0 Å². The van der Waals surface area contributed by atoms with Crippen molar-refractivity contribution in [1.29, 1.82) is 0 Å². The molecule has 1 aliphatic rings. The first kappa shape index (κ1) is 17.2. The van der Waals surface area contributed by atoms with Crippen LogP contribution in [0.15, 0.2) is 28.4 Å². The standard InChI is InChI=1S/C18H23BrO3/c1-6-11-10-12(19)8-9-13(11)14-15(20)17(3,4)22-18(5,7-2)16(14)21/h8-10,20H,6-7H2,1-5H3. The molecule has 120 valence electrons. The third-order valence-electron chi connectivity index (χ3n) is 4.39. The summed E-state index contributed by atoms with van der Waals surface area (Å²) in [5, 5.41) is 10.7. The lowest BCUT2D eigenvalue weighted by atomic mass is 9.79. The molecule has 0 bridgehead atoms. The summed E-state index contributed by atoms with van der Waals surface area (Å²) in [5.41, 5.74) is 0.421. The molecule has 0 spiro atoms. The van der Waals surface area contributed by atoms with Crippen LogP contribution >= 0.6 is 15.9 Å². The van der Waals surface area contributed by atoms with Gasteiger partial charge < -0.3 is 9.84 Å². The normalized spacial score (nSPS) is 24.7. The number of carbonyl (C=O) groups is 1. The van der Waals surface area contributed by atoms with Gasteiger partial charge in [0.15, 0.2) is 5.78 Å². The number of ketones is 1. The smallest absolute Gasteiger partial charge is 0.198 e. The van der Waals surface area contributed by atoms with Gasteiger partial charge in [0, 0.05) is 4.47 Å². The van der Waals surface area contributed by atoms with Crippen molar-refractivity contribution in [3.8, 4) is 0 Å². The Morgan fingerprint density at radius 3 is 2.41 bits per heavy atom. The molecule has 1 heterocycles. The molecule has 0 saturated carbocycles. The van der Waals surface area contributed by atoms with Gasteiger partial charge in [0.25, 0.3) is 0 Å². The van der Waals surface area contributed by atoms with E-state index in [1.54, 1.807) is 20.8 Å². The minimum Gasteiger partial charge on any atom is -0.508 e. The van der Waals surface area contributed by atoms with Crippen LogP contribution in [0, 0.1) is 0 Å². The SMILES string of the molecule is CCc1cc(Br)ccc1C1=C(O)C(C)(C)OC(C)(CC)C1=O. The summed E-state index contributed by atoms with van der Waals surface area (Å²) in [5.74, 6) is -0.135. The molecule has 1 atom stereocenters. The third kappa shape index (κ3) is 2.74. The van der Waals surface area contributed by atoms with Crippen LogP contribution in [0.25, 0.3) is 5.57 Å². The van der Waals surface area contributed by atoms with E-state index in [4.69, 9.17) is 4.74 Å². The Morgan fingerprint density at radius 2 is 1.86 bits per heavy atom. The lowest BCUT2D eigenvalue weighted by molar-refractivity contribution is -0.163. The van der Waals surface area contributed by atoms with E-state index in [0.29, 0.717) is 12.0 Å². The number of aryl methyl sites for hydroxylation is 1. The number of hydrogen-bond acceptors (Lipinski definition) is 3. The Bertz CT molecular complexity index is 646. The molecule has 2 rings (SSSR count). The summed E-state index contributed by atoms with van der Waals surface area (Å²) in [6.45, 7) is 9.36. The van der Waals surface area contributed by atoms with Crippen LogP contribution in [-0.2, 0) is 16.0 Å². The Morgan fingerprint density at radius 1 is 1.23 bits per heavy atom. The number of rotatable bonds is 3. The highest BCUT2D eigenvalue weighted by atomic mass is 79.9. The van der Waals surface area contributed by atoms with Crippen LogP contribution in [0.1, 0.15) is 52.2 Å². The molecule has 1 aromatic carbocycles. The first-order valence-corrected chi connectivity index (χ1v) is 8.43. The van der Waals surface area contributed by atoms with Crippen LogP contribution in [0.3, 0.4) is 0 Å². The number of halogens is 1. The second-order valence-corrected chi connectivity index (χ2v) is 7.32. The summed E-state index contributed by atoms with van der Waals surface area (Å²) in [6.07, 6.45) is 1.34. The maximum Gasteiger partial charge on any atom is 0.198 e. The van der Waals surface area contributed by atoms with Gasteiger partial charge in [-0.3, -0.25) is 4.79 Å². The molecule has 1 unspecified atom stereocenters. The number of hydrogen-bond donors (Lipinski definition) is 1. The fourth-order valence-electron chi connectivity index (χ4n) is 2.91. The number of aliphatic hydroxyl groups excluding tert-OH is 1. The van der Waals surface area contributed by atoms with Crippen molar-refractivity contribution in [2.45, 2.75) is 58.7 Å². The molecular weight excluding hydrogens is 344 g/mol. The van der Waals surface area contributed by atoms with Gasteiger partial charge in [-0.15, -0.1) is 0 Å². The summed E-state index contributed by atoms with van der Waals surface area (Å²) >= 11 is 3.46. The van der Waals surface area contributed by atoms with Crippen molar-refractivity contribution in [3.63, 3.8) is 0 Å². The highest BCUT2D eigenvalue weighted by Gasteiger charge is 2.48. The molecular formula is C18H23BrO3. The number of Topliss-reactive ketones (excluding diaryl/α,β-unsaturated/α-hetero) is 1. The second kappa shape index (κ2) is 5.82. The third-order valence-corrected chi connectivity index (χ3v) is 4.88. The van der Waals surface area contributed by atoms with E-state index in [9.17, 15) is 9.90 Å². The van der Waals surface area contributed by atoms with Crippen LogP contribution < -0.4 is 0 Å². The molecule has 4 heteroatoms. The predicted molar refractivity (Wildman–Crippen MR) is 91.9 cm³/mol. The van der Waals surface area contributed by atoms with Crippen molar-refractivity contribution < 1.29 is 14.6 Å². The van der Waals surface area contributed by atoms with Crippen LogP contribution in [0.2, 0.25) is 0 Å². The van der Waals surface area contributed by atoms with Gasteiger partial charge in [-0.1, -0.05) is 35.8 Å². The Balaban J connectivity index is 2.73. The van der Waals surface area contributed by atoms with Crippen LogP contribution in [0.4, 0.5) is 0 Å². The van der Waals surface area contributed by atoms with E-state index in [2.05, 4.69) is 15.9 Å². The first-order chi connectivity index (χ1) is 10.2. The van der Waals surface area contributed by atoms with Crippen molar-refractivity contribution in [1.82, 2.24) is 0 Å². The van der Waals surface area contributed by atoms with Gasteiger partial charge in [-0.05, 0) is 56.9 Å². The Hall–Kier alpha value is -1.13. The summed E-state index contributed by atoms with van der Waals surface area (Å²) in [6, 6.07) is 5.78. The van der Waals surface area contributed by atoms with Gasteiger partial charge in [0.05, 0.1) is 5.57 Å². The Kier molecular flexibility index (Phi) is 4.56. The molecule has 3 nitrogen and oxygen atoms in total. The molecule has 0 fully saturated rings. The van der Waals surface area contributed by atoms with Gasteiger partial charge in [0.2, 0.25) is 0 Å². The maximum absolute atomic E-state index is 13.0. The summed E-state index contributed by atoms with van der Waals surface area (Å²) in [7, 11) is 0. The van der Waals surface area contributed by atoms with Crippen molar-refractivity contribution in [2.24, 2.45) is 0 Å². The molecule has 22 heavy (non-hydrogen) atoms. The minimum atomic E-state index is -0.914. The van der Waals surface area contributed by atoms with Crippen LogP contribution in [0.5, 0.6) is 0 Å². The molecule has 0 aliphatic carbocycles.